The molecule has 1 N–H and O–H groups in total. The largest absolute Gasteiger partial charge is 0.299 e. The zero-order valence-corrected chi connectivity index (χ0v) is 10.1. The molecule has 0 radical (unpaired) electrons. The van der Waals surface area contributed by atoms with Gasteiger partial charge in [0.05, 0.1) is 17.7 Å². The zero-order chi connectivity index (χ0) is 13.5. The summed E-state index contributed by atoms with van der Waals surface area (Å²) in [5.41, 5.74) is -0.124. The lowest BCUT2D eigenvalue weighted by Crippen LogP contribution is -2.27. The fourth-order valence-corrected chi connectivity index (χ4v) is 1.59. The van der Waals surface area contributed by atoms with Crippen molar-refractivity contribution in [1.29, 1.82) is 5.26 Å². The number of hydrogen-bond acceptors (Lipinski definition) is 2. The van der Waals surface area contributed by atoms with Crippen LogP contribution in [-0.4, -0.2) is 6.04 Å². The van der Waals surface area contributed by atoms with Crippen molar-refractivity contribution in [1.82, 2.24) is 5.32 Å². The minimum absolute atomic E-state index is 0.0121. The Kier molecular flexibility index (Phi) is 5.30. The molecule has 0 bridgehead atoms. The van der Waals surface area contributed by atoms with Gasteiger partial charge in [-0.05, 0) is 18.6 Å². The van der Waals surface area contributed by atoms with Gasteiger partial charge in [0.2, 0.25) is 0 Å². The molecule has 0 amide bonds. The van der Waals surface area contributed by atoms with Crippen LogP contribution in [0.1, 0.15) is 30.9 Å². The van der Waals surface area contributed by atoms with Crippen molar-refractivity contribution in [3.63, 3.8) is 0 Å². The summed E-state index contributed by atoms with van der Waals surface area (Å²) in [7, 11) is 0. The van der Waals surface area contributed by atoms with Crippen molar-refractivity contribution in [2.45, 2.75) is 32.4 Å². The number of hydrogen-bond donors (Lipinski definition) is 1. The molecule has 0 spiro atoms. The number of nitriles is 1. The molecule has 0 heterocycles. The summed E-state index contributed by atoms with van der Waals surface area (Å²) in [4.78, 5) is 0. The first-order chi connectivity index (χ1) is 8.62. The molecule has 0 saturated carbocycles. The van der Waals surface area contributed by atoms with E-state index in [1.807, 2.05) is 6.92 Å². The van der Waals surface area contributed by atoms with E-state index >= 15 is 0 Å². The van der Waals surface area contributed by atoms with E-state index in [2.05, 4.69) is 11.2 Å². The molecule has 2 nitrogen and oxygen atoms in total. The summed E-state index contributed by atoms with van der Waals surface area (Å²) >= 11 is 0. The van der Waals surface area contributed by atoms with Crippen molar-refractivity contribution in [3.05, 3.63) is 34.9 Å². The van der Waals surface area contributed by atoms with Gasteiger partial charge in [-0.25, -0.2) is 8.78 Å². The van der Waals surface area contributed by atoms with E-state index in [9.17, 15) is 8.78 Å². The van der Waals surface area contributed by atoms with E-state index < -0.39 is 11.6 Å². The fraction of sp³-hybridized carbons (Fsp3) is 0.357. The molecule has 18 heavy (non-hydrogen) atoms. The van der Waals surface area contributed by atoms with Crippen molar-refractivity contribution in [3.8, 4) is 18.4 Å². The molecule has 1 aromatic rings. The average Bonchev–Trinajstić information content (AvgIpc) is 2.36. The van der Waals surface area contributed by atoms with Crippen LogP contribution in [0.3, 0.4) is 0 Å². The third-order valence-corrected chi connectivity index (χ3v) is 2.57. The molecule has 4 heteroatoms. The van der Waals surface area contributed by atoms with Gasteiger partial charge in [0.15, 0.2) is 0 Å². The standard InChI is InChI=1S/C14H14F2N2/c1-3-5-11(4-2)18-9-12-13(15)6-10(8-17)7-14(12)16/h2,6-7,11,18H,3,5,9H2,1H3. The molecular weight excluding hydrogens is 234 g/mol. The molecule has 1 rings (SSSR count). The molecular formula is C14H14F2N2. The minimum Gasteiger partial charge on any atom is -0.299 e. The third kappa shape index (κ3) is 3.55. The smallest absolute Gasteiger partial charge is 0.131 e. The van der Waals surface area contributed by atoms with E-state index in [4.69, 9.17) is 11.7 Å². The number of terminal acetylenes is 1. The Morgan fingerprint density at radius 3 is 2.44 bits per heavy atom. The Balaban J connectivity index is 2.80. The predicted molar refractivity (Wildman–Crippen MR) is 65.4 cm³/mol. The second-order valence-electron chi connectivity index (χ2n) is 3.92. The summed E-state index contributed by atoms with van der Waals surface area (Å²) in [6.45, 7) is 1.99. The van der Waals surface area contributed by atoms with Gasteiger partial charge in [0, 0.05) is 12.1 Å². The maximum atomic E-state index is 13.6. The van der Waals surface area contributed by atoms with Gasteiger partial charge >= 0.3 is 0 Å². The summed E-state index contributed by atoms with van der Waals surface area (Å²) < 4.78 is 27.1. The number of nitrogens with zero attached hydrogens (tertiary/aromatic N) is 1. The van der Waals surface area contributed by atoms with Gasteiger partial charge in [-0.1, -0.05) is 19.3 Å². The van der Waals surface area contributed by atoms with Crippen molar-refractivity contribution >= 4 is 0 Å². The Labute approximate surface area is 106 Å². The van der Waals surface area contributed by atoms with E-state index in [-0.39, 0.29) is 23.7 Å². The van der Waals surface area contributed by atoms with E-state index in [1.54, 1.807) is 6.07 Å². The normalized spacial score (nSPS) is 11.6. The average molecular weight is 248 g/mol. The lowest BCUT2D eigenvalue weighted by atomic mass is 10.1. The summed E-state index contributed by atoms with van der Waals surface area (Å²) in [6.07, 6.45) is 6.94. The van der Waals surface area contributed by atoms with Gasteiger partial charge in [-0.3, -0.25) is 5.32 Å². The molecule has 0 aliphatic rings. The summed E-state index contributed by atoms with van der Waals surface area (Å²) in [5, 5.41) is 11.5. The fourth-order valence-electron chi connectivity index (χ4n) is 1.59. The highest BCUT2D eigenvalue weighted by molar-refractivity contribution is 5.34. The quantitative estimate of drug-likeness (QED) is 0.813. The molecule has 0 aliphatic heterocycles. The van der Waals surface area contributed by atoms with Crippen LogP contribution in [0, 0.1) is 35.3 Å². The highest BCUT2D eigenvalue weighted by Gasteiger charge is 2.12. The molecule has 0 aliphatic carbocycles. The first kappa shape index (κ1) is 14.2. The van der Waals surface area contributed by atoms with Crippen LogP contribution in [0.2, 0.25) is 0 Å². The van der Waals surface area contributed by atoms with Gasteiger partial charge in [0.25, 0.3) is 0 Å². The predicted octanol–water partition coefficient (Wildman–Crippen LogP) is 2.73. The van der Waals surface area contributed by atoms with Crippen LogP contribution in [0.15, 0.2) is 12.1 Å². The Morgan fingerprint density at radius 1 is 1.39 bits per heavy atom. The van der Waals surface area contributed by atoms with Gasteiger partial charge < -0.3 is 0 Å². The molecule has 94 valence electrons. The molecule has 0 fully saturated rings. The van der Waals surface area contributed by atoms with E-state index in [1.165, 1.54) is 0 Å². The SMILES string of the molecule is C#CC(CCC)NCc1c(F)cc(C#N)cc1F. The maximum Gasteiger partial charge on any atom is 0.131 e. The zero-order valence-electron chi connectivity index (χ0n) is 10.1. The lowest BCUT2D eigenvalue weighted by Gasteiger charge is -2.13. The maximum absolute atomic E-state index is 13.6. The second kappa shape index (κ2) is 6.74. The van der Waals surface area contributed by atoms with Crippen molar-refractivity contribution < 1.29 is 8.78 Å². The van der Waals surface area contributed by atoms with Crippen molar-refractivity contribution in [2.24, 2.45) is 0 Å². The van der Waals surface area contributed by atoms with Crippen LogP contribution < -0.4 is 5.32 Å². The number of rotatable bonds is 5. The molecule has 1 aromatic carbocycles. The summed E-state index contributed by atoms with van der Waals surface area (Å²) in [5.74, 6) is 1.07. The highest BCUT2D eigenvalue weighted by Crippen LogP contribution is 2.15. The Hall–Kier alpha value is -1.91. The molecule has 1 atom stereocenters. The molecule has 0 aromatic heterocycles. The van der Waals surface area contributed by atoms with E-state index in [0.29, 0.717) is 0 Å². The monoisotopic (exact) mass is 248 g/mol. The molecule has 1 unspecified atom stereocenters. The third-order valence-electron chi connectivity index (χ3n) is 2.57. The lowest BCUT2D eigenvalue weighted by molar-refractivity contribution is 0.508. The van der Waals surface area contributed by atoms with Crippen LogP contribution in [0.25, 0.3) is 0 Å². The number of benzene rings is 1. The summed E-state index contributed by atoms with van der Waals surface area (Å²) in [6, 6.07) is 3.53. The molecule has 0 saturated heterocycles. The van der Waals surface area contributed by atoms with Crippen LogP contribution in [0.4, 0.5) is 8.78 Å². The number of halogens is 2. The van der Waals surface area contributed by atoms with Crippen LogP contribution in [0.5, 0.6) is 0 Å². The highest BCUT2D eigenvalue weighted by atomic mass is 19.1. The first-order valence-corrected chi connectivity index (χ1v) is 5.69. The van der Waals surface area contributed by atoms with Gasteiger partial charge in [-0.15, -0.1) is 6.42 Å². The Morgan fingerprint density at radius 2 is 2.00 bits per heavy atom. The minimum atomic E-state index is -0.730. The van der Waals surface area contributed by atoms with Crippen LogP contribution >= 0.6 is 0 Å². The van der Waals surface area contributed by atoms with E-state index in [0.717, 1.165) is 25.0 Å². The van der Waals surface area contributed by atoms with Gasteiger partial charge in [-0.2, -0.15) is 5.26 Å². The second-order valence-corrected chi connectivity index (χ2v) is 3.92. The first-order valence-electron chi connectivity index (χ1n) is 5.69. The Bertz CT molecular complexity index is 474. The van der Waals surface area contributed by atoms with Crippen molar-refractivity contribution in [2.75, 3.05) is 0 Å². The number of nitrogens with one attached hydrogen (secondary N) is 1. The topological polar surface area (TPSA) is 35.8 Å². The van der Waals surface area contributed by atoms with Gasteiger partial charge in [0.1, 0.15) is 11.6 Å². The van der Waals surface area contributed by atoms with Crippen LogP contribution in [-0.2, 0) is 6.54 Å².